The molecule has 0 atom stereocenters. The third-order valence-electron chi connectivity index (χ3n) is 4.52. The number of amides is 1. The number of rotatable bonds is 5. The van der Waals surface area contributed by atoms with Crippen molar-refractivity contribution in [3.05, 3.63) is 62.3 Å². The van der Waals surface area contributed by atoms with Crippen molar-refractivity contribution in [1.82, 2.24) is 10.3 Å². The molecule has 0 aliphatic heterocycles. The molecule has 25 heavy (non-hydrogen) atoms. The average Bonchev–Trinajstić information content (AvgIpc) is 3.32. The summed E-state index contributed by atoms with van der Waals surface area (Å²) in [5, 5.41) is 6.20. The minimum absolute atomic E-state index is 0.0809. The Hall–Kier alpha value is -1.98. The number of aromatic nitrogens is 1. The summed E-state index contributed by atoms with van der Waals surface area (Å²) in [5.41, 5.74) is 5.02. The Balaban J connectivity index is 1.34. The summed E-state index contributed by atoms with van der Waals surface area (Å²) >= 11 is 3.36. The molecular formula is C20H20N2OS2. The van der Waals surface area contributed by atoms with Gasteiger partial charge in [-0.05, 0) is 55.0 Å². The third-order valence-corrected chi connectivity index (χ3v) is 6.40. The van der Waals surface area contributed by atoms with E-state index in [0.717, 1.165) is 32.4 Å². The Labute approximate surface area is 155 Å². The lowest BCUT2D eigenvalue weighted by atomic mass is 10.0. The first kappa shape index (κ1) is 16.5. The van der Waals surface area contributed by atoms with Crippen molar-refractivity contribution in [2.45, 2.75) is 39.2 Å². The van der Waals surface area contributed by atoms with Gasteiger partial charge in [-0.25, -0.2) is 4.98 Å². The van der Waals surface area contributed by atoms with E-state index in [9.17, 15) is 4.79 Å². The van der Waals surface area contributed by atoms with Crippen LogP contribution in [-0.2, 0) is 30.6 Å². The standard InChI is InChI=1S/C20H20N2OS2/c1-13-22-18(12-24-13)19-8-7-17(25-19)11-21-20(23)10-14-5-6-15-3-2-4-16(15)9-14/h5-9,12H,2-4,10-11H2,1H3,(H,21,23). The maximum absolute atomic E-state index is 12.2. The molecule has 128 valence electrons. The number of aryl methyl sites for hydroxylation is 3. The Morgan fingerprint density at radius 1 is 1.20 bits per heavy atom. The van der Waals surface area contributed by atoms with E-state index < -0.39 is 0 Å². The molecule has 2 aromatic heterocycles. The van der Waals surface area contributed by atoms with Crippen molar-refractivity contribution in [3.63, 3.8) is 0 Å². The van der Waals surface area contributed by atoms with Crippen LogP contribution in [0.25, 0.3) is 10.6 Å². The molecule has 4 rings (SSSR count). The van der Waals surface area contributed by atoms with Crippen molar-refractivity contribution in [2.24, 2.45) is 0 Å². The molecule has 0 radical (unpaired) electrons. The topological polar surface area (TPSA) is 42.0 Å². The number of hydrogen-bond acceptors (Lipinski definition) is 4. The lowest BCUT2D eigenvalue weighted by Crippen LogP contribution is -2.24. The predicted molar refractivity (Wildman–Crippen MR) is 104 cm³/mol. The SMILES string of the molecule is Cc1nc(-c2ccc(CNC(=O)Cc3ccc4c(c3)CCC4)s2)cs1. The molecule has 0 unspecified atom stereocenters. The lowest BCUT2D eigenvalue weighted by Gasteiger charge is -2.06. The molecule has 0 saturated carbocycles. The van der Waals surface area contributed by atoms with Gasteiger partial charge in [-0.2, -0.15) is 0 Å². The highest BCUT2D eigenvalue weighted by Crippen LogP contribution is 2.29. The van der Waals surface area contributed by atoms with Crippen molar-refractivity contribution in [3.8, 4) is 10.6 Å². The van der Waals surface area contributed by atoms with Crippen molar-refractivity contribution < 1.29 is 4.79 Å². The minimum Gasteiger partial charge on any atom is -0.351 e. The molecule has 0 spiro atoms. The summed E-state index contributed by atoms with van der Waals surface area (Å²) < 4.78 is 0. The minimum atomic E-state index is 0.0809. The van der Waals surface area contributed by atoms with E-state index >= 15 is 0 Å². The fourth-order valence-corrected chi connectivity index (χ4v) is 4.85. The molecular weight excluding hydrogens is 348 g/mol. The lowest BCUT2D eigenvalue weighted by molar-refractivity contribution is -0.120. The van der Waals surface area contributed by atoms with Crippen LogP contribution in [0.2, 0.25) is 0 Å². The van der Waals surface area contributed by atoms with Gasteiger partial charge in [0, 0.05) is 10.3 Å². The van der Waals surface area contributed by atoms with Crippen LogP contribution < -0.4 is 5.32 Å². The summed E-state index contributed by atoms with van der Waals surface area (Å²) in [6.07, 6.45) is 4.03. The van der Waals surface area contributed by atoms with Gasteiger partial charge < -0.3 is 5.32 Å². The first-order valence-electron chi connectivity index (χ1n) is 8.56. The van der Waals surface area contributed by atoms with Gasteiger partial charge in [0.1, 0.15) is 0 Å². The summed E-state index contributed by atoms with van der Waals surface area (Å²) in [4.78, 5) is 19.1. The zero-order valence-electron chi connectivity index (χ0n) is 14.2. The van der Waals surface area contributed by atoms with E-state index in [0.29, 0.717) is 13.0 Å². The molecule has 0 saturated heterocycles. The van der Waals surface area contributed by atoms with E-state index in [2.05, 4.69) is 46.0 Å². The summed E-state index contributed by atoms with van der Waals surface area (Å²) in [7, 11) is 0. The zero-order chi connectivity index (χ0) is 17.2. The molecule has 0 bridgehead atoms. The molecule has 3 aromatic rings. The molecule has 1 aliphatic carbocycles. The van der Waals surface area contributed by atoms with Crippen molar-refractivity contribution in [1.29, 1.82) is 0 Å². The van der Waals surface area contributed by atoms with Gasteiger partial charge in [-0.15, -0.1) is 22.7 Å². The number of nitrogens with one attached hydrogen (secondary N) is 1. The van der Waals surface area contributed by atoms with Gasteiger partial charge in [-0.1, -0.05) is 18.2 Å². The Bertz CT molecular complexity index is 910. The highest BCUT2D eigenvalue weighted by atomic mass is 32.1. The smallest absolute Gasteiger partial charge is 0.224 e. The number of thiophene rings is 1. The molecule has 1 amide bonds. The van der Waals surface area contributed by atoms with Gasteiger partial charge >= 0.3 is 0 Å². The molecule has 2 heterocycles. The third kappa shape index (κ3) is 3.83. The van der Waals surface area contributed by atoms with Gasteiger partial charge in [0.2, 0.25) is 5.91 Å². The summed E-state index contributed by atoms with van der Waals surface area (Å²) in [5.74, 6) is 0.0809. The molecule has 5 heteroatoms. The fraction of sp³-hybridized carbons (Fsp3) is 0.300. The fourth-order valence-electron chi connectivity index (χ4n) is 3.26. The largest absolute Gasteiger partial charge is 0.351 e. The zero-order valence-corrected chi connectivity index (χ0v) is 15.8. The monoisotopic (exact) mass is 368 g/mol. The number of carbonyl (C=O) groups excluding carboxylic acids is 1. The number of benzene rings is 1. The predicted octanol–water partition coefficient (Wildman–Crippen LogP) is 4.53. The van der Waals surface area contributed by atoms with Crippen LogP contribution in [0.1, 0.15) is 33.0 Å². The van der Waals surface area contributed by atoms with Crippen LogP contribution in [0.3, 0.4) is 0 Å². The first-order chi connectivity index (χ1) is 12.2. The second kappa shape index (κ2) is 7.10. The number of carbonyl (C=O) groups is 1. The van der Waals surface area contributed by atoms with Gasteiger partial charge in [0.05, 0.1) is 28.5 Å². The Morgan fingerprint density at radius 2 is 2.08 bits per heavy atom. The highest BCUT2D eigenvalue weighted by Gasteiger charge is 2.12. The van der Waals surface area contributed by atoms with E-state index in [1.807, 2.05) is 6.92 Å². The molecule has 3 nitrogen and oxygen atoms in total. The summed E-state index contributed by atoms with van der Waals surface area (Å²) in [6, 6.07) is 10.6. The highest BCUT2D eigenvalue weighted by molar-refractivity contribution is 7.16. The molecule has 1 N–H and O–H groups in total. The van der Waals surface area contributed by atoms with Gasteiger partial charge in [-0.3, -0.25) is 4.79 Å². The molecule has 1 aliphatic rings. The van der Waals surface area contributed by atoms with Crippen LogP contribution in [-0.4, -0.2) is 10.9 Å². The van der Waals surface area contributed by atoms with E-state index in [1.165, 1.54) is 24.0 Å². The van der Waals surface area contributed by atoms with Crippen LogP contribution in [0.4, 0.5) is 0 Å². The summed E-state index contributed by atoms with van der Waals surface area (Å²) in [6.45, 7) is 2.60. The Kier molecular flexibility index (Phi) is 4.68. The van der Waals surface area contributed by atoms with Gasteiger partial charge in [0.25, 0.3) is 0 Å². The van der Waals surface area contributed by atoms with Crippen LogP contribution in [0, 0.1) is 6.92 Å². The second-order valence-corrected chi connectivity index (χ2v) is 8.66. The van der Waals surface area contributed by atoms with Crippen LogP contribution in [0.15, 0.2) is 35.7 Å². The number of nitrogens with zero attached hydrogens (tertiary/aromatic N) is 1. The van der Waals surface area contributed by atoms with Crippen molar-refractivity contribution in [2.75, 3.05) is 0 Å². The Morgan fingerprint density at radius 3 is 2.92 bits per heavy atom. The maximum atomic E-state index is 12.2. The van der Waals surface area contributed by atoms with Crippen LogP contribution >= 0.6 is 22.7 Å². The van der Waals surface area contributed by atoms with Gasteiger partial charge in [0.15, 0.2) is 0 Å². The molecule has 1 aromatic carbocycles. The number of thiazole rings is 1. The second-order valence-electron chi connectivity index (χ2n) is 6.43. The normalized spacial score (nSPS) is 13.0. The number of hydrogen-bond donors (Lipinski definition) is 1. The average molecular weight is 369 g/mol. The van der Waals surface area contributed by atoms with E-state index in [4.69, 9.17) is 0 Å². The molecule has 0 fully saturated rings. The van der Waals surface area contributed by atoms with E-state index in [-0.39, 0.29) is 5.91 Å². The first-order valence-corrected chi connectivity index (χ1v) is 10.3. The quantitative estimate of drug-likeness (QED) is 0.719. The maximum Gasteiger partial charge on any atom is 0.224 e. The number of fused-ring (bicyclic) bond motifs is 1. The van der Waals surface area contributed by atoms with Crippen LogP contribution in [0.5, 0.6) is 0 Å². The van der Waals surface area contributed by atoms with Crippen molar-refractivity contribution >= 4 is 28.6 Å². The van der Waals surface area contributed by atoms with E-state index in [1.54, 1.807) is 22.7 Å².